The molecule has 0 amide bonds. The summed E-state index contributed by atoms with van der Waals surface area (Å²) < 4.78 is 26.7. The zero-order valence-electron chi connectivity index (χ0n) is 12.8. The minimum absolute atomic E-state index is 0.259. The second kappa shape index (κ2) is 8.11. The van der Waals surface area contributed by atoms with Crippen LogP contribution in [-0.4, -0.2) is 21.3 Å². The molecule has 2 aromatic rings. The summed E-state index contributed by atoms with van der Waals surface area (Å²) in [5, 5.41) is 0. The molecule has 0 N–H and O–H groups in total. The van der Waals surface area contributed by atoms with Crippen molar-refractivity contribution < 1.29 is 12.6 Å². The van der Waals surface area contributed by atoms with Crippen molar-refractivity contribution in [2.24, 2.45) is 0 Å². The first kappa shape index (κ1) is 16.7. The van der Waals surface area contributed by atoms with E-state index in [0.29, 0.717) is 5.92 Å². The van der Waals surface area contributed by atoms with Crippen LogP contribution in [0.3, 0.4) is 0 Å². The fourth-order valence-electron chi connectivity index (χ4n) is 2.56. The first-order valence-corrected chi connectivity index (χ1v) is 9.32. The van der Waals surface area contributed by atoms with Crippen LogP contribution in [0.1, 0.15) is 36.3 Å². The fourth-order valence-corrected chi connectivity index (χ4v) is 2.98. The topological polar surface area (TPSA) is 43.4 Å². The number of unbranched alkanes of at least 4 members (excludes halogenated alkanes) is 1. The summed E-state index contributed by atoms with van der Waals surface area (Å²) in [5.74, 6) is 0.334. The molecule has 22 heavy (non-hydrogen) atoms. The predicted octanol–water partition coefficient (Wildman–Crippen LogP) is 3.97. The van der Waals surface area contributed by atoms with Crippen molar-refractivity contribution in [3.8, 4) is 0 Å². The van der Waals surface area contributed by atoms with Gasteiger partial charge in [-0.05, 0) is 24.0 Å². The number of hydrogen-bond donors (Lipinski definition) is 0. The predicted molar refractivity (Wildman–Crippen MR) is 89.4 cm³/mol. The molecule has 2 aromatic carbocycles. The molecule has 0 spiro atoms. The van der Waals surface area contributed by atoms with Crippen LogP contribution < -0.4 is 0 Å². The highest BCUT2D eigenvalue weighted by atomic mass is 32.2. The lowest BCUT2D eigenvalue weighted by molar-refractivity contribution is 0.309. The molecule has 0 bridgehead atoms. The van der Waals surface area contributed by atoms with Gasteiger partial charge in [0.2, 0.25) is 0 Å². The molecule has 0 aliphatic heterocycles. The maximum atomic E-state index is 10.9. The van der Waals surface area contributed by atoms with Gasteiger partial charge in [0.1, 0.15) is 0 Å². The second-order valence-electron chi connectivity index (χ2n) is 5.40. The van der Waals surface area contributed by atoms with Gasteiger partial charge in [0.05, 0.1) is 12.9 Å². The number of hydrogen-bond acceptors (Lipinski definition) is 3. The molecule has 0 aliphatic carbocycles. The van der Waals surface area contributed by atoms with E-state index in [9.17, 15) is 8.42 Å². The zero-order chi connectivity index (χ0) is 15.8. The van der Waals surface area contributed by atoms with E-state index in [1.165, 1.54) is 11.1 Å². The Morgan fingerprint density at radius 1 is 0.864 bits per heavy atom. The van der Waals surface area contributed by atoms with Crippen molar-refractivity contribution in [3.63, 3.8) is 0 Å². The quantitative estimate of drug-likeness (QED) is 0.546. The van der Waals surface area contributed by atoms with Gasteiger partial charge in [-0.1, -0.05) is 67.1 Å². The summed E-state index contributed by atoms with van der Waals surface area (Å²) in [4.78, 5) is 0. The largest absolute Gasteiger partial charge is 0.270 e. The normalized spacial score (nSPS) is 11.7. The summed E-state index contributed by atoms with van der Waals surface area (Å²) >= 11 is 0. The average Bonchev–Trinajstić information content (AvgIpc) is 2.51. The SMILES string of the molecule is CS(=O)(=O)OCCCCC(c1ccccc1)c1ccccc1. The molecular formula is C18H22O3S. The van der Waals surface area contributed by atoms with Crippen LogP contribution in [0.2, 0.25) is 0 Å². The molecule has 0 heterocycles. The van der Waals surface area contributed by atoms with Crippen molar-refractivity contribution in [1.82, 2.24) is 0 Å². The highest BCUT2D eigenvalue weighted by molar-refractivity contribution is 7.85. The number of rotatable bonds is 8. The van der Waals surface area contributed by atoms with Gasteiger partial charge in [-0.2, -0.15) is 8.42 Å². The van der Waals surface area contributed by atoms with Gasteiger partial charge in [-0.25, -0.2) is 0 Å². The standard InChI is InChI=1S/C18H22O3S/c1-22(19,20)21-15-9-8-14-18(16-10-4-2-5-11-16)17-12-6-3-7-13-17/h2-7,10-13,18H,8-9,14-15H2,1H3. The Morgan fingerprint density at radius 2 is 1.36 bits per heavy atom. The van der Waals surface area contributed by atoms with Gasteiger partial charge < -0.3 is 0 Å². The maximum Gasteiger partial charge on any atom is 0.264 e. The van der Waals surface area contributed by atoms with Gasteiger partial charge in [0, 0.05) is 5.92 Å². The van der Waals surface area contributed by atoms with Crippen LogP contribution in [-0.2, 0) is 14.3 Å². The van der Waals surface area contributed by atoms with E-state index in [1.54, 1.807) is 0 Å². The van der Waals surface area contributed by atoms with Crippen molar-refractivity contribution in [1.29, 1.82) is 0 Å². The first-order chi connectivity index (χ1) is 10.6. The van der Waals surface area contributed by atoms with Crippen LogP contribution in [0, 0.1) is 0 Å². The van der Waals surface area contributed by atoms with Gasteiger partial charge in [-0.15, -0.1) is 0 Å². The van der Waals surface area contributed by atoms with E-state index in [4.69, 9.17) is 4.18 Å². The van der Waals surface area contributed by atoms with Crippen LogP contribution in [0.5, 0.6) is 0 Å². The third-order valence-corrected chi connectivity index (χ3v) is 4.18. The Bertz CT molecular complexity index is 612. The van der Waals surface area contributed by atoms with Crippen LogP contribution in [0.4, 0.5) is 0 Å². The average molecular weight is 318 g/mol. The Kier molecular flexibility index (Phi) is 6.16. The lowest BCUT2D eigenvalue weighted by atomic mass is 9.87. The zero-order valence-corrected chi connectivity index (χ0v) is 13.6. The van der Waals surface area contributed by atoms with Crippen molar-refractivity contribution in [2.45, 2.75) is 25.2 Å². The Hall–Kier alpha value is -1.65. The smallest absolute Gasteiger partial charge is 0.264 e. The Morgan fingerprint density at radius 3 is 1.82 bits per heavy atom. The third-order valence-electron chi connectivity index (χ3n) is 3.59. The minimum Gasteiger partial charge on any atom is -0.270 e. The van der Waals surface area contributed by atoms with Crippen LogP contribution >= 0.6 is 0 Å². The second-order valence-corrected chi connectivity index (χ2v) is 7.04. The molecule has 3 nitrogen and oxygen atoms in total. The van der Waals surface area contributed by atoms with Crippen molar-refractivity contribution >= 4 is 10.1 Å². The maximum absolute atomic E-state index is 10.9. The van der Waals surface area contributed by atoms with E-state index < -0.39 is 10.1 Å². The van der Waals surface area contributed by atoms with Crippen LogP contribution in [0.15, 0.2) is 60.7 Å². The van der Waals surface area contributed by atoms with Crippen molar-refractivity contribution in [3.05, 3.63) is 71.8 Å². The summed E-state index contributed by atoms with van der Waals surface area (Å²) in [6, 6.07) is 20.8. The van der Waals surface area contributed by atoms with E-state index >= 15 is 0 Å². The summed E-state index contributed by atoms with van der Waals surface area (Å²) in [7, 11) is -3.33. The number of benzene rings is 2. The molecule has 0 aromatic heterocycles. The van der Waals surface area contributed by atoms with Crippen molar-refractivity contribution in [2.75, 3.05) is 12.9 Å². The Balaban J connectivity index is 1.98. The van der Waals surface area contributed by atoms with Crippen LogP contribution in [0.25, 0.3) is 0 Å². The highest BCUT2D eigenvalue weighted by Gasteiger charge is 2.13. The van der Waals surface area contributed by atoms with E-state index in [2.05, 4.69) is 48.5 Å². The van der Waals surface area contributed by atoms with Gasteiger partial charge in [0.25, 0.3) is 10.1 Å². The summed E-state index contributed by atoms with van der Waals surface area (Å²) in [6.45, 7) is 0.259. The summed E-state index contributed by atoms with van der Waals surface area (Å²) in [5.41, 5.74) is 2.58. The third kappa shape index (κ3) is 5.62. The molecule has 118 valence electrons. The molecule has 0 aliphatic rings. The molecule has 2 rings (SSSR count). The Labute approximate surface area is 133 Å². The van der Waals surface area contributed by atoms with E-state index in [0.717, 1.165) is 25.5 Å². The molecule has 4 heteroatoms. The fraction of sp³-hybridized carbons (Fsp3) is 0.333. The van der Waals surface area contributed by atoms with Gasteiger partial charge in [0.15, 0.2) is 0 Å². The molecular weight excluding hydrogens is 296 g/mol. The highest BCUT2D eigenvalue weighted by Crippen LogP contribution is 2.29. The molecule has 0 atom stereocenters. The molecule has 0 saturated carbocycles. The lowest BCUT2D eigenvalue weighted by Gasteiger charge is -2.18. The monoisotopic (exact) mass is 318 g/mol. The minimum atomic E-state index is -3.33. The lowest BCUT2D eigenvalue weighted by Crippen LogP contribution is -2.05. The first-order valence-electron chi connectivity index (χ1n) is 7.50. The molecule has 0 fully saturated rings. The molecule has 0 saturated heterocycles. The molecule has 0 unspecified atom stereocenters. The molecule has 0 radical (unpaired) electrons. The van der Waals surface area contributed by atoms with Gasteiger partial charge >= 0.3 is 0 Å². The van der Waals surface area contributed by atoms with Gasteiger partial charge in [-0.3, -0.25) is 4.18 Å². The van der Waals surface area contributed by atoms with E-state index in [-0.39, 0.29) is 6.61 Å². The summed E-state index contributed by atoms with van der Waals surface area (Å²) in [6.07, 6.45) is 3.72. The van der Waals surface area contributed by atoms with E-state index in [1.807, 2.05) is 12.1 Å².